The molecule has 0 unspecified atom stereocenters. The Morgan fingerprint density at radius 3 is 3.00 bits per heavy atom. The van der Waals surface area contributed by atoms with E-state index in [2.05, 4.69) is 15.0 Å². The van der Waals surface area contributed by atoms with Gasteiger partial charge in [-0.25, -0.2) is 9.97 Å². The van der Waals surface area contributed by atoms with Gasteiger partial charge in [-0.05, 0) is 6.26 Å². The third kappa shape index (κ3) is 1.31. The molecule has 0 aromatic heterocycles. The van der Waals surface area contributed by atoms with E-state index in [1.807, 2.05) is 0 Å². The fraction of sp³-hybridized carbons (Fsp3) is 0.143. The first-order valence-corrected chi connectivity index (χ1v) is 4.92. The van der Waals surface area contributed by atoms with Crippen LogP contribution in [0.1, 0.15) is 0 Å². The summed E-state index contributed by atoms with van der Waals surface area (Å²) < 4.78 is 0.775. The summed E-state index contributed by atoms with van der Waals surface area (Å²) >= 11 is 1.32. The van der Waals surface area contributed by atoms with Gasteiger partial charge in [-0.1, -0.05) is 0 Å². The maximum absolute atomic E-state index is 11.3. The van der Waals surface area contributed by atoms with Gasteiger partial charge in [-0.15, -0.1) is 11.8 Å². The van der Waals surface area contributed by atoms with Crippen molar-refractivity contribution in [2.24, 2.45) is 0 Å². The molecule has 7 heteroatoms. The topological polar surface area (TPSA) is 80.9 Å². The van der Waals surface area contributed by atoms with Gasteiger partial charge < -0.3 is 5.21 Å². The van der Waals surface area contributed by atoms with Crippen molar-refractivity contribution in [1.82, 2.24) is 19.7 Å². The van der Waals surface area contributed by atoms with Gasteiger partial charge in [0.05, 0.1) is 6.20 Å². The third-order valence-electron chi connectivity index (χ3n) is 1.65. The smallest absolute Gasteiger partial charge is 0.301 e. The van der Waals surface area contributed by atoms with E-state index in [1.54, 1.807) is 6.26 Å². The van der Waals surface area contributed by atoms with Crippen molar-refractivity contribution in [3.05, 3.63) is 22.9 Å². The number of hydrogen-bond acceptors (Lipinski definition) is 6. The Morgan fingerprint density at radius 1 is 1.50 bits per heavy atom. The van der Waals surface area contributed by atoms with Crippen LogP contribution in [0.5, 0.6) is 0 Å². The molecule has 0 saturated carbocycles. The van der Waals surface area contributed by atoms with Gasteiger partial charge in [0, 0.05) is 0 Å². The number of nitrogens with zero attached hydrogens (tertiary/aromatic N) is 4. The molecule has 0 fully saturated rings. The zero-order chi connectivity index (χ0) is 10.1. The molecule has 0 radical (unpaired) electrons. The maximum atomic E-state index is 11.3. The van der Waals surface area contributed by atoms with Gasteiger partial charge in [0.15, 0.2) is 5.69 Å². The van der Waals surface area contributed by atoms with Crippen LogP contribution in [0.3, 0.4) is 0 Å². The molecular weight excluding hydrogens is 204 g/mol. The number of fused-ring (bicyclic) bond motifs is 1. The second kappa shape index (κ2) is 3.26. The van der Waals surface area contributed by atoms with E-state index in [9.17, 15) is 10.0 Å². The molecule has 0 saturated heterocycles. The summed E-state index contributed by atoms with van der Waals surface area (Å²) in [4.78, 5) is 22.5. The van der Waals surface area contributed by atoms with Gasteiger partial charge >= 0.3 is 5.56 Å². The van der Waals surface area contributed by atoms with E-state index in [1.165, 1.54) is 18.0 Å². The summed E-state index contributed by atoms with van der Waals surface area (Å²) in [6.45, 7) is 0. The van der Waals surface area contributed by atoms with Crippen LogP contribution in [-0.2, 0) is 0 Å². The summed E-state index contributed by atoms with van der Waals surface area (Å²) in [6.07, 6.45) is 4.28. The summed E-state index contributed by atoms with van der Waals surface area (Å²) in [7, 11) is 0. The highest BCUT2D eigenvalue weighted by Crippen LogP contribution is 2.16. The van der Waals surface area contributed by atoms with E-state index in [0.29, 0.717) is 5.03 Å². The average molecular weight is 210 g/mol. The first-order chi connectivity index (χ1) is 6.72. The van der Waals surface area contributed by atoms with Crippen LogP contribution in [0.15, 0.2) is 22.3 Å². The van der Waals surface area contributed by atoms with Crippen LogP contribution in [0, 0.1) is 0 Å². The molecule has 14 heavy (non-hydrogen) atoms. The van der Waals surface area contributed by atoms with Gasteiger partial charge in [-0.2, -0.15) is 9.71 Å². The molecule has 2 heterocycles. The lowest BCUT2D eigenvalue weighted by Crippen LogP contribution is -2.17. The second-order valence-corrected chi connectivity index (χ2v) is 3.31. The molecule has 0 aromatic rings. The van der Waals surface area contributed by atoms with E-state index in [0.717, 1.165) is 11.1 Å². The Bertz CT molecular complexity index is 498. The minimum Gasteiger partial charge on any atom is -0.427 e. The van der Waals surface area contributed by atoms with E-state index in [-0.39, 0.29) is 11.5 Å². The monoisotopic (exact) mass is 210 g/mol. The number of thioether (sulfide) groups is 1. The molecule has 0 spiro atoms. The van der Waals surface area contributed by atoms with Gasteiger partial charge in [0.2, 0.25) is 5.82 Å². The highest BCUT2D eigenvalue weighted by Gasteiger charge is 2.14. The molecule has 72 valence electrons. The molecule has 2 aliphatic heterocycles. The maximum Gasteiger partial charge on any atom is 0.301 e. The molecular formula is C7H6N4O2S. The minimum absolute atomic E-state index is 0.0712. The fourth-order valence-electron chi connectivity index (χ4n) is 1.02. The van der Waals surface area contributed by atoms with Crippen LogP contribution < -0.4 is 5.56 Å². The van der Waals surface area contributed by atoms with E-state index in [4.69, 9.17) is 0 Å². The number of hydrogen-bond donors (Lipinski definition) is 1. The quantitative estimate of drug-likeness (QED) is 0.531. The molecule has 0 aliphatic carbocycles. The first-order valence-electron chi connectivity index (χ1n) is 3.70. The highest BCUT2D eigenvalue weighted by molar-refractivity contribution is 7.98. The lowest BCUT2D eigenvalue weighted by atomic mass is 10.4. The minimum atomic E-state index is -0.492. The predicted octanol–water partition coefficient (Wildman–Crippen LogP) is 0.0973. The zero-order valence-electron chi connectivity index (χ0n) is 7.21. The van der Waals surface area contributed by atoms with Crippen molar-refractivity contribution >= 4 is 11.8 Å². The molecule has 1 N–H and O–H groups in total. The van der Waals surface area contributed by atoms with Crippen molar-refractivity contribution in [3.8, 4) is 11.5 Å². The zero-order valence-corrected chi connectivity index (χ0v) is 8.02. The fourth-order valence-corrected chi connectivity index (χ4v) is 1.41. The summed E-state index contributed by atoms with van der Waals surface area (Å²) in [5, 5.41) is 9.98. The number of rotatable bonds is 1. The van der Waals surface area contributed by atoms with Crippen molar-refractivity contribution in [1.29, 1.82) is 0 Å². The number of aromatic nitrogens is 4. The second-order valence-electron chi connectivity index (χ2n) is 2.48. The van der Waals surface area contributed by atoms with Crippen molar-refractivity contribution in [2.45, 2.75) is 5.03 Å². The summed E-state index contributed by atoms with van der Waals surface area (Å²) in [5.41, 5.74) is -0.421. The molecule has 0 atom stereocenters. The molecule has 2 rings (SSSR count). The Morgan fingerprint density at radius 2 is 2.29 bits per heavy atom. The van der Waals surface area contributed by atoms with Gasteiger partial charge in [0.1, 0.15) is 11.4 Å². The Labute approximate surface area is 83.0 Å². The van der Waals surface area contributed by atoms with Crippen molar-refractivity contribution in [3.63, 3.8) is 0 Å². The lowest BCUT2D eigenvalue weighted by molar-refractivity contribution is 0.182. The van der Waals surface area contributed by atoms with Crippen LogP contribution >= 0.6 is 11.8 Å². The molecule has 2 aliphatic rings. The lowest BCUT2D eigenvalue weighted by Gasteiger charge is -2.07. The Hall–Kier alpha value is -1.63. The largest absolute Gasteiger partial charge is 0.427 e. The third-order valence-corrected chi connectivity index (χ3v) is 2.27. The van der Waals surface area contributed by atoms with Crippen LogP contribution in [0.4, 0.5) is 0 Å². The van der Waals surface area contributed by atoms with E-state index < -0.39 is 5.56 Å². The average Bonchev–Trinajstić information content (AvgIpc) is 2.19. The predicted molar refractivity (Wildman–Crippen MR) is 49.7 cm³/mol. The first kappa shape index (κ1) is 8.95. The summed E-state index contributed by atoms with van der Waals surface area (Å²) in [6, 6.07) is 0. The van der Waals surface area contributed by atoms with Gasteiger partial charge in [0.25, 0.3) is 0 Å². The Kier molecular flexibility index (Phi) is 2.08. The van der Waals surface area contributed by atoms with E-state index >= 15 is 0 Å². The SMILES string of the molecule is CSc1cn(O)c2ncnc(=O)c-2n1. The van der Waals surface area contributed by atoms with Crippen molar-refractivity contribution < 1.29 is 5.21 Å². The summed E-state index contributed by atoms with van der Waals surface area (Å²) in [5.74, 6) is 0.114. The Balaban J connectivity index is 2.82. The normalized spacial score (nSPS) is 10.6. The van der Waals surface area contributed by atoms with Crippen molar-refractivity contribution in [2.75, 3.05) is 6.26 Å². The molecule has 0 aromatic carbocycles. The van der Waals surface area contributed by atoms with Crippen LogP contribution in [0.25, 0.3) is 11.5 Å². The van der Waals surface area contributed by atoms with Crippen LogP contribution in [0.2, 0.25) is 0 Å². The standard InChI is InChI=1S/C7H6N4O2S/c1-14-4-2-11(13)6-5(10-4)7(12)9-3-8-6/h2-3,13H,1H3. The molecule has 0 amide bonds. The molecule has 0 bridgehead atoms. The van der Waals surface area contributed by atoms with Gasteiger partial charge in [-0.3, -0.25) is 4.79 Å². The molecule has 6 nitrogen and oxygen atoms in total. The van der Waals surface area contributed by atoms with Crippen LogP contribution in [-0.4, -0.2) is 31.1 Å². The highest BCUT2D eigenvalue weighted by atomic mass is 32.2.